The fourth-order valence-corrected chi connectivity index (χ4v) is 2.03. The van der Waals surface area contributed by atoms with Crippen LogP contribution in [0.15, 0.2) is 36.7 Å². The number of hydrogen-bond acceptors (Lipinski definition) is 5. The van der Waals surface area contributed by atoms with Gasteiger partial charge >= 0.3 is 0 Å². The van der Waals surface area contributed by atoms with E-state index in [1.807, 2.05) is 18.2 Å². The molecule has 0 bridgehead atoms. The molecule has 1 aromatic carbocycles. The lowest BCUT2D eigenvalue weighted by atomic mass is 10.2. The number of aromatic nitrogens is 2. The second-order valence-electron chi connectivity index (χ2n) is 4.82. The summed E-state index contributed by atoms with van der Waals surface area (Å²) in [5.41, 5.74) is 7.75. The van der Waals surface area contributed by atoms with Crippen LogP contribution in [-0.4, -0.2) is 23.1 Å². The molecule has 112 valence electrons. The van der Waals surface area contributed by atoms with Crippen molar-refractivity contribution < 1.29 is 4.74 Å². The summed E-state index contributed by atoms with van der Waals surface area (Å²) < 4.78 is 5.54. The van der Waals surface area contributed by atoms with Crippen LogP contribution in [0.3, 0.4) is 0 Å². The molecule has 0 aliphatic heterocycles. The Hall–Kier alpha value is -2.30. The highest BCUT2D eigenvalue weighted by molar-refractivity contribution is 5.44. The van der Waals surface area contributed by atoms with Gasteiger partial charge in [0.15, 0.2) is 5.82 Å². The average Bonchev–Trinajstić information content (AvgIpc) is 2.51. The lowest BCUT2D eigenvalue weighted by Gasteiger charge is -2.22. The van der Waals surface area contributed by atoms with Gasteiger partial charge in [-0.3, -0.25) is 4.98 Å². The fourth-order valence-electron chi connectivity index (χ4n) is 2.03. The van der Waals surface area contributed by atoms with E-state index in [0.29, 0.717) is 12.5 Å². The van der Waals surface area contributed by atoms with Crippen LogP contribution >= 0.6 is 0 Å². The highest BCUT2D eigenvalue weighted by Crippen LogP contribution is 2.17. The van der Waals surface area contributed by atoms with Crippen LogP contribution in [-0.2, 0) is 6.54 Å². The molecule has 5 nitrogen and oxygen atoms in total. The van der Waals surface area contributed by atoms with Crippen molar-refractivity contribution in [3.8, 4) is 5.88 Å². The highest BCUT2D eigenvalue weighted by atomic mass is 16.5. The molecular weight excluding hydrogens is 264 g/mol. The van der Waals surface area contributed by atoms with Gasteiger partial charge in [-0.25, -0.2) is 0 Å². The Bertz CT molecular complexity index is 574. The molecule has 0 saturated heterocycles. The number of nitrogen functional groups attached to an aromatic ring is 1. The Morgan fingerprint density at radius 2 is 2.10 bits per heavy atom. The molecule has 21 heavy (non-hydrogen) atoms. The van der Waals surface area contributed by atoms with E-state index in [2.05, 4.69) is 34.8 Å². The van der Waals surface area contributed by atoms with Gasteiger partial charge in [0.05, 0.1) is 19.0 Å². The molecule has 2 aromatic rings. The molecule has 0 unspecified atom stereocenters. The average molecular weight is 286 g/mol. The van der Waals surface area contributed by atoms with E-state index in [9.17, 15) is 0 Å². The molecule has 0 radical (unpaired) electrons. The van der Waals surface area contributed by atoms with Crippen molar-refractivity contribution in [1.82, 2.24) is 9.97 Å². The summed E-state index contributed by atoms with van der Waals surface area (Å²) >= 11 is 0. The Morgan fingerprint density at radius 1 is 1.24 bits per heavy atom. The van der Waals surface area contributed by atoms with Crippen molar-refractivity contribution in [2.24, 2.45) is 0 Å². The van der Waals surface area contributed by atoms with Crippen molar-refractivity contribution in [2.45, 2.75) is 26.8 Å². The Balaban J connectivity index is 2.13. The van der Waals surface area contributed by atoms with Gasteiger partial charge in [-0.15, -0.1) is 0 Å². The molecule has 0 aliphatic carbocycles. The van der Waals surface area contributed by atoms with Gasteiger partial charge in [-0.2, -0.15) is 4.98 Å². The van der Waals surface area contributed by atoms with E-state index < -0.39 is 0 Å². The van der Waals surface area contributed by atoms with Crippen molar-refractivity contribution in [1.29, 1.82) is 0 Å². The minimum atomic E-state index is 0.570. The quantitative estimate of drug-likeness (QED) is 0.793. The summed E-state index contributed by atoms with van der Waals surface area (Å²) in [6, 6.07) is 7.89. The minimum Gasteiger partial charge on any atom is -0.477 e. The van der Waals surface area contributed by atoms with Gasteiger partial charge in [-0.05, 0) is 31.0 Å². The second-order valence-corrected chi connectivity index (χ2v) is 4.82. The number of nitrogens with zero attached hydrogens (tertiary/aromatic N) is 3. The van der Waals surface area contributed by atoms with Crippen LogP contribution in [0.25, 0.3) is 0 Å². The number of hydrogen-bond donors (Lipinski definition) is 1. The Labute approximate surface area is 125 Å². The molecule has 0 amide bonds. The molecule has 2 rings (SSSR count). The van der Waals surface area contributed by atoms with Crippen molar-refractivity contribution in [3.63, 3.8) is 0 Å². The number of nitrogens with two attached hydrogens (primary N) is 1. The second kappa shape index (κ2) is 7.47. The molecule has 5 heteroatoms. The molecule has 1 heterocycles. The molecule has 0 saturated carbocycles. The largest absolute Gasteiger partial charge is 0.477 e. The summed E-state index contributed by atoms with van der Waals surface area (Å²) in [6.45, 7) is 6.39. The van der Waals surface area contributed by atoms with Crippen molar-refractivity contribution >= 4 is 11.5 Å². The first-order valence-corrected chi connectivity index (χ1v) is 7.27. The van der Waals surface area contributed by atoms with E-state index in [4.69, 9.17) is 10.5 Å². The number of anilines is 2. The van der Waals surface area contributed by atoms with Gasteiger partial charge in [0, 0.05) is 18.8 Å². The van der Waals surface area contributed by atoms with E-state index in [1.165, 1.54) is 0 Å². The molecule has 0 atom stereocenters. The lowest BCUT2D eigenvalue weighted by Crippen LogP contribution is -2.23. The van der Waals surface area contributed by atoms with Crippen LogP contribution in [0.2, 0.25) is 0 Å². The van der Waals surface area contributed by atoms with Gasteiger partial charge in [-0.1, -0.05) is 19.1 Å². The zero-order valence-electron chi connectivity index (χ0n) is 12.6. The van der Waals surface area contributed by atoms with Crippen LogP contribution in [0.5, 0.6) is 5.88 Å². The standard InChI is InChI=1S/C16H22N4O/c1-3-8-21-16-11-18-10-15(19-16)20(4-2)12-13-6-5-7-14(17)9-13/h5-7,9-11H,3-4,8,12,17H2,1-2H3. The van der Waals surface area contributed by atoms with Gasteiger partial charge in [0.1, 0.15) is 0 Å². The number of ether oxygens (including phenoxy) is 1. The van der Waals surface area contributed by atoms with Crippen LogP contribution in [0.1, 0.15) is 25.8 Å². The Kier molecular flexibility index (Phi) is 5.37. The third-order valence-corrected chi connectivity index (χ3v) is 3.08. The predicted molar refractivity (Wildman–Crippen MR) is 85.4 cm³/mol. The van der Waals surface area contributed by atoms with Gasteiger partial charge in [0.2, 0.25) is 5.88 Å². The third-order valence-electron chi connectivity index (χ3n) is 3.08. The van der Waals surface area contributed by atoms with Gasteiger partial charge < -0.3 is 15.4 Å². The van der Waals surface area contributed by atoms with E-state index in [1.54, 1.807) is 12.4 Å². The molecule has 0 spiro atoms. The predicted octanol–water partition coefficient (Wildman–Crippen LogP) is 2.87. The van der Waals surface area contributed by atoms with Crippen molar-refractivity contribution in [3.05, 3.63) is 42.2 Å². The third kappa shape index (κ3) is 4.34. The summed E-state index contributed by atoms with van der Waals surface area (Å²) in [5, 5.41) is 0. The zero-order chi connectivity index (χ0) is 15.1. The highest BCUT2D eigenvalue weighted by Gasteiger charge is 2.09. The zero-order valence-corrected chi connectivity index (χ0v) is 12.6. The molecule has 2 N–H and O–H groups in total. The van der Waals surface area contributed by atoms with Gasteiger partial charge in [0.25, 0.3) is 0 Å². The monoisotopic (exact) mass is 286 g/mol. The first-order valence-electron chi connectivity index (χ1n) is 7.27. The fraction of sp³-hybridized carbons (Fsp3) is 0.375. The number of rotatable bonds is 7. The summed E-state index contributed by atoms with van der Waals surface area (Å²) in [7, 11) is 0. The molecular formula is C16H22N4O. The maximum absolute atomic E-state index is 5.83. The van der Waals surface area contributed by atoms with E-state index in [0.717, 1.165) is 36.6 Å². The lowest BCUT2D eigenvalue weighted by molar-refractivity contribution is 0.304. The summed E-state index contributed by atoms with van der Waals surface area (Å²) in [4.78, 5) is 10.9. The first kappa shape index (κ1) is 15.1. The number of benzene rings is 1. The van der Waals surface area contributed by atoms with E-state index >= 15 is 0 Å². The van der Waals surface area contributed by atoms with E-state index in [-0.39, 0.29) is 0 Å². The minimum absolute atomic E-state index is 0.570. The first-order chi connectivity index (χ1) is 10.2. The molecule has 1 aromatic heterocycles. The smallest absolute Gasteiger partial charge is 0.234 e. The van der Waals surface area contributed by atoms with Crippen LogP contribution in [0, 0.1) is 0 Å². The summed E-state index contributed by atoms with van der Waals surface area (Å²) in [6.07, 6.45) is 4.36. The maximum Gasteiger partial charge on any atom is 0.234 e. The van der Waals surface area contributed by atoms with Crippen LogP contribution < -0.4 is 15.4 Å². The normalized spacial score (nSPS) is 10.4. The van der Waals surface area contributed by atoms with Crippen molar-refractivity contribution in [2.75, 3.05) is 23.8 Å². The molecule has 0 fully saturated rings. The SMILES string of the molecule is CCCOc1cncc(N(CC)Cc2cccc(N)c2)n1. The summed E-state index contributed by atoms with van der Waals surface area (Å²) in [5.74, 6) is 1.38. The maximum atomic E-state index is 5.83. The van der Waals surface area contributed by atoms with Crippen LogP contribution in [0.4, 0.5) is 11.5 Å². The topological polar surface area (TPSA) is 64.3 Å². The molecule has 0 aliphatic rings. The Morgan fingerprint density at radius 3 is 2.81 bits per heavy atom.